The van der Waals surface area contributed by atoms with Gasteiger partial charge in [-0.2, -0.15) is 0 Å². The summed E-state index contributed by atoms with van der Waals surface area (Å²) in [7, 11) is -3.58. The van der Waals surface area contributed by atoms with Gasteiger partial charge < -0.3 is 5.11 Å². The molecule has 0 aliphatic carbocycles. The van der Waals surface area contributed by atoms with E-state index in [0.717, 1.165) is 19.3 Å². The van der Waals surface area contributed by atoms with Crippen molar-refractivity contribution in [1.29, 1.82) is 0 Å². The molecule has 0 heterocycles. The molecule has 0 saturated carbocycles. The topological polar surface area (TPSA) is 66.4 Å². The van der Waals surface area contributed by atoms with Crippen molar-refractivity contribution in [1.82, 2.24) is 4.72 Å². The number of hydrogen-bond donors (Lipinski definition) is 2. The van der Waals surface area contributed by atoms with E-state index in [0.29, 0.717) is 5.56 Å². The van der Waals surface area contributed by atoms with Crippen LogP contribution in [0.5, 0.6) is 0 Å². The van der Waals surface area contributed by atoms with Crippen molar-refractivity contribution < 1.29 is 13.5 Å². The Morgan fingerprint density at radius 1 is 1.19 bits per heavy atom. The summed E-state index contributed by atoms with van der Waals surface area (Å²) >= 11 is 0. The van der Waals surface area contributed by atoms with Gasteiger partial charge in [0.05, 0.1) is 4.90 Å². The van der Waals surface area contributed by atoms with Gasteiger partial charge in [-0.05, 0) is 37.5 Å². The predicted octanol–water partition coefficient (Wildman–Crippen LogP) is 2.28. The van der Waals surface area contributed by atoms with Crippen molar-refractivity contribution in [3.63, 3.8) is 0 Å². The van der Waals surface area contributed by atoms with Crippen LogP contribution in [0.2, 0.25) is 0 Å². The summed E-state index contributed by atoms with van der Waals surface area (Å²) in [6.45, 7) is 5.70. The Labute approximate surface area is 127 Å². The maximum absolute atomic E-state index is 12.5. The molecule has 0 aliphatic rings. The molecule has 1 aromatic carbocycles. The van der Waals surface area contributed by atoms with Gasteiger partial charge in [-0.3, -0.25) is 0 Å². The highest BCUT2D eigenvalue weighted by molar-refractivity contribution is 7.89. The third-order valence-electron chi connectivity index (χ3n) is 3.84. The SMILES string of the molecule is CCC(CC)(CC)NS(=O)(=O)c1cccc(C#CCO)c1. The average molecular weight is 309 g/mol. The zero-order valence-electron chi connectivity index (χ0n) is 12.8. The van der Waals surface area contributed by atoms with Crippen LogP contribution in [-0.4, -0.2) is 25.7 Å². The Bertz CT molecular complexity index is 614. The second-order valence-corrected chi connectivity index (χ2v) is 6.62. The molecule has 0 fully saturated rings. The molecule has 0 aromatic heterocycles. The van der Waals surface area contributed by atoms with Gasteiger partial charge in [-0.1, -0.05) is 38.7 Å². The number of aliphatic hydroxyl groups is 1. The Kier molecular flexibility index (Phi) is 6.41. The molecule has 4 nitrogen and oxygen atoms in total. The molecular formula is C16H23NO3S. The van der Waals surface area contributed by atoms with E-state index in [2.05, 4.69) is 16.6 Å². The Morgan fingerprint density at radius 3 is 2.33 bits per heavy atom. The van der Waals surface area contributed by atoms with Crippen LogP contribution in [0.25, 0.3) is 0 Å². The van der Waals surface area contributed by atoms with E-state index >= 15 is 0 Å². The van der Waals surface area contributed by atoms with Crippen molar-refractivity contribution in [2.24, 2.45) is 0 Å². The van der Waals surface area contributed by atoms with Gasteiger partial charge in [0.25, 0.3) is 0 Å². The molecule has 0 amide bonds. The first-order valence-electron chi connectivity index (χ1n) is 7.16. The van der Waals surface area contributed by atoms with Crippen LogP contribution in [0, 0.1) is 11.8 Å². The lowest BCUT2D eigenvalue weighted by molar-refractivity contribution is 0.341. The molecule has 1 aromatic rings. The third-order valence-corrected chi connectivity index (χ3v) is 5.41. The summed E-state index contributed by atoms with van der Waals surface area (Å²) in [4.78, 5) is 0.201. The third kappa shape index (κ3) is 4.57. The fraction of sp³-hybridized carbons (Fsp3) is 0.500. The van der Waals surface area contributed by atoms with Crippen molar-refractivity contribution in [2.45, 2.75) is 50.5 Å². The lowest BCUT2D eigenvalue weighted by Crippen LogP contribution is -2.46. The molecule has 0 atom stereocenters. The minimum atomic E-state index is -3.58. The summed E-state index contributed by atoms with van der Waals surface area (Å²) in [5.74, 6) is 5.23. The van der Waals surface area contributed by atoms with Crippen LogP contribution in [0.4, 0.5) is 0 Å². The van der Waals surface area contributed by atoms with E-state index in [1.807, 2.05) is 20.8 Å². The lowest BCUT2D eigenvalue weighted by Gasteiger charge is -2.31. The van der Waals surface area contributed by atoms with Crippen molar-refractivity contribution in [3.8, 4) is 11.8 Å². The summed E-state index contributed by atoms with van der Waals surface area (Å²) in [6.07, 6.45) is 2.22. The van der Waals surface area contributed by atoms with Gasteiger partial charge in [0, 0.05) is 11.1 Å². The Balaban J connectivity index is 3.13. The maximum Gasteiger partial charge on any atom is 0.241 e. The number of rotatable bonds is 6. The molecule has 0 spiro atoms. The number of hydrogen-bond acceptors (Lipinski definition) is 3. The second-order valence-electron chi connectivity index (χ2n) is 4.93. The number of aliphatic hydroxyl groups excluding tert-OH is 1. The average Bonchev–Trinajstić information content (AvgIpc) is 2.51. The fourth-order valence-electron chi connectivity index (χ4n) is 2.19. The molecule has 0 saturated heterocycles. The van der Waals surface area contributed by atoms with Crippen LogP contribution in [0.3, 0.4) is 0 Å². The molecular weight excluding hydrogens is 286 g/mol. The van der Waals surface area contributed by atoms with Crippen molar-refractivity contribution in [2.75, 3.05) is 6.61 Å². The summed E-state index contributed by atoms with van der Waals surface area (Å²) in [5, 5.41) is 8.70. The summed E-state index contributed by atoms with van der Waals surface area (Å²) < 4.78 is 27.9. The molecule has 1 rings (SSSR count). The standard InChI is InChI=1S/C16H23NO3S/c1-4-16(5-2,6-3)17-21(19,20)15-11-7-9-14(13-15)10-8-12-18/h7,9,11,13,17-18H,4-6,12H2,1-3H3. The van der Waals surface area contributed by atoms with Crippen molar-refractivity contribution >= 4 is 10.0 Å². The molecule has 0 unspecified atom stereocenters. The second kappa shape index (κ2) is 7.60. The smallest absolute Gasteiger partial charge is 0.241 e. The predicted molar refractivity (Wildman–Crippen MR) is 84.3 cm³/mol. The minimum Gasteiger partial charge on any atom is -0.384 e. The van der Waals surface area contributed by atoms with E-state index < -0.39 is 15.6 Å². The summed E-state index contributed by atoms with van der Waals surface area (Å²) in [6, 6.07) is 6.45. The van der Waals surface area contributed by atoms with E-state index in [1.165, 1.54) is 6.07 Å². The van der Waals surface area contributed by atoms with Crippen LogP contribution >= 0.6 is 0 Å². The molecule has 0 aliphatic heterocycles. The molecule has 0 bridgehead atoms. The van der Waals surface area contributed by atoms with E-state index in [-0.39, 0.29) is 11.5 Å². The van der Waals surface area contributed by atoms with E-state index in [1.54, 1.807) is 18.2 Å². The largest absolute Gasteiger partial charge is 0.384 e. The normalized spacial score (nSPS) is 11.8. The van der Waals surface area contributed by atoms with Crippen LogP contribution in [0.15, 0.2) is 29.2 Å². The zero-order chi connectivity index (χ0) is 15.9. The molecule has 0 radical (unpaired) electrons. The number of nitrogens with one attached hydrogen (secondary N) is 1. The Hall–Kier alpha value is -1.35. The van der Waals surface area contributed by atoms with Gasteiger partial charge >= 0.3 is 0 Å². The first-order chi connectivity index (χ1) is 9.93. The highest BCUT2D eigenvalue weighted by Crippen LogP contribution is 2.23. The van der Waals surface area contributed by atoms with Gasteiger partial charge in [0.1, 0.15) is 6.61 Å². The molecule has 21 heavy (non-hydrogen) atoms. The quantitative estimate of drug-likeness (QED) is 0.792. The first kappa shape index (κ1) is 17.7. The minimum absolute atomic E-state index is 0.201. The molecule has 2 N–H and O–H groups in total. The monoisotopic (exact) mass is 309 g/mol. The Morgan fingerprint density at radius 2 is 1.81 bits per heavy atom. The van der Waals surface area contributed by atoms with Gasteiger partial charge in [0.2, 0.25) is 10.0 Å². The summed E-state index contributed by atoms with van der Waals surface area (Å²) in [5.41, 5.74) is 0.160. The van der Waals surface area contributed by atoms with E-state index in [4.69, 9.17) is 5.11 Å². The fourth-order valence-corrected chi connectivity index (χ4v) is 3.85. The maximum atomic E-state index is 12.5. The van der Waals surface area contributed by atoms with Crippen LogP contribution in [-0.2, 0) is 10.0 Å². The molecule has 116 valence electrons. The van der Waals surface area contributed by atoms with Gasteiger partial charge in [-0.25, -0.2) is 13.1 Å². The first-order valence-corrected chi connectivity index (χ1v) is 8.65. The number of sulfonamides is 1. The molecule has 5 heteroatoms. The highest BCUT2D eigenvalue weighted by Gasteiger charge is 2.30. The zero-order valence-corrected chi connectivity index (χ0v) is 13.6. The lowest BCUT2D eigenvalue weighted by atomic mass is 9.91. The van der Waals surface area contributed by atoms with Crippen LogP contribution in [0.1, 0.15) is 45.6 Å². The van der Waals surface area contributed by atoms with E-state index in [9.17, 15) is 8.42 Å². The van der Waals surface area contributed by atoms with Crippen molar-refractivity contribution in [3.05, 3.63) is 29.8 Å². The van der Waals surface area contributed by atoms with Crippen LogP contribution < -0.4 is 4.72 Å². The number of benzene rings is 1. The van der Waals surface area contributed by atoms with Gasteiger partial charge in [-0.15, -0.1) is 0 Å². The highest BCUT2D eigenvalue weighted by atomic mass is 32.2. The van der Waals surface area contributed by atoms with Gasteiger partial charge in [0.15, 0.2) is 0 Å².